The predicted octanol–water partition coefficient (Wildman–Crippen LogP) is 3.79. The van der Waals surface area contributed by atoms with Gasteiger partial charge in [0.05, 0.1) is 11.0 Å². The third-order valence-corrected chi connectivity index (χ3v) is 3.31. The van der Waals surface area contributed by atoms with Crippen LogP contribution in [-0.4, -0.2) is 11.0 Å². The van der Waals surface area contributed by atoms with Crippen molar-refractivity contribution in [3.8, 4) is 0 Å². The van der Waals surface area contributed by atoms with E-state index < -0.39 is 11.0 Å². The van der Waals surface area contributed by atoms with Gasteiger partial charge in [0.2, 0.25) is 0 Å². The van der Waals surface area contributed by atoms with Crippen LogP contribution in [0.4, 0.5) is 16.2 Å². The summed E-state index contributed by atoms with van der Waals surface area (Å²) < 4.78 is 0. The first-order valence-electron chi connectivity index (χ1n) is 6.85. The molecule has 2 rings (SSSR count). The Labute approximate surface area is 128 Å². The Morgan fingerprint density at radius 2 is 1.86 bits per heavy atom. The molecular weight excluding hydrogens is 282 g/mol. The topological polar surface area (TPSA) is 84.3 Å². The first-order chi connectivity index (χ1) is 10.5. The Morgan fingerprint density at radius 3 is 2.50 bits per heavy atom. The van der Waals surface area contributed by atoms with E-state index in [0.29, 0.717) is 11.3 Å². The van der Waals surface area contributed by atoms with Crippen molar-refractivity contribution in [3.05, 3.63) is 69.8 Å². The normalized spacial score (nSPS) is 11.5. The highest BCUT2D eigenvalue weighted by Gasteiger charge is 2.13. The highest BCUT2D eigenvalue weighted by molar-refractivity contribution is 5.90. The second kappa shape index (κ2) is 6.71. The fourth-order valence-electron chi connectivity index (χ4n) is 2.07. The lowest BCUT2D eigenvalue weighted by atomic mass is 10.1. The summed E-state index contributed by atoms with van der Waals surface area (Å²) in [5.74, 6) is 0. The van der Waals surface area contributed by atoms with Gasteiger partial charge in [-0.05, 0) is 25.5 Å². The number of nitro groups is 1. The Kier molecular flexibility index (Phi) is 4.73. The molecule has 0 saturated carbocycles. The molecular formula is C16H17N3O3. The zero-order valence-electron chi connectivity index (χ0n) is 12.4. The molecule has 0 heterocycles. The van der Waals surface area contributed by atoms with E-state index >= 15 is 0 Å². The molecule has 0 aromatic heterocycles. The number of nitro benzene ring substituents is 1. The maximum atomic E-state index is 12.0. The van der Waals surface area contributed by atoms with Gasteiger partial charge in [0.1, 0.15) is 0 Å². The molecule has 6 nitrogen and oxygen atoms in total. The van der Waals surface area contributed by atoms with Crippen LogP contribution < -0.4 is 10.6 Å². The molecule has 0 fully saturated rings. The van der Waals surface area contributed by atoms with Crippen LogP contribution in [0.3, 0.4) is 0 Å². The monoisotopic (exact) mass is 299 g/mol. The van der Waals surface area contributed by atoms with Gasteiger partial charge in [0.25, 0.3) is 5.69 Å². The smallest absolute Gasteiger partial charge is 0.319 e. The molecule has 22 heavy (non-hydrogen) atoms. The van der Waals surface area contributed by atoms with Crippen molar-refractivity contribution in [3.63, 3.8) is 0 Å². The SMILES string of the molecule is Cc1ccc(NC(=O)N[C@@H](C)c2ccccc2)cc1[N+](=O)[O-]. The maximum Gasteiger partial charge on any atom is 0.319 e. The van der Waals surface area contributed by atoms with Crippen LogP contribution in [0.2, 0.25) is 0 Å². The number of carbonyl (C=O) groups excluding carboxylic acids is 1. The van der Waals surface area contributed by atoms with Crippen LogP contribution in [-0.2, 0) is 0 Å². The van der Waals surface area contributed by atoms with Crippen LogP contribution in [0.15, 0.2) is 48.5 Å². The van der Waals surface area contributed by atoms with E-state index in [9.17, 15) is 14.9 Å². The van der Waals surface area contributed by atoms with E-state index in [0.717, 1.165) is 5.56 Å². The Morgan fingerprint density at radius 1 is 1.18 bits per heavy atom. The van der Waals surface area contributed by atoms with Crippen molar-refractivity contribution in [2.24, 2.45) is 0 Å². The summed E-state index contributed by atoms with van der Waals surface area (Å²) in [7, 11) is 0. The lowest BCUT2D eigenvalue weighted by Gasteiger charge is -2.15. The number of benzene rings is 2. The summed E-state index contributed by atoms with van der Waals surface area (Å²) >= 11 is 0. The largest absolute Gasteiger partial charge is 0.331 e. The van der Waals surface area contributed by atoms with Gasteiger partial charge in [0, 0.05) is 17.3 Å². The molecule has 6 heteroatoms. The van der Waals surface area contributed by atoms with Crippen molar-refractivity contribution < 1.29 is 9.72 Å². The fourth-order valence-corrected chi connectivity index (χ4v) is 2.07. The molecule has 2 amide bonds. The average Bonchev–Trinajstić information content (AvgIpc) is 2.49. The minimum Gasteiger partial charge on any atom is -0.331 e. The van der Waals surface area contributed by atoms with E-state index in [1.807, 2.05) is 37.3 Å². The molecule has 0 bridgehead atoms. The van der Waals surface area contributed by atoms with Crippen molar-refractivity contribution in [2.45, 2.75) is 19.9 Å². The first kappa shape index (κ1) is 15.5. The highest BCUT2D eigenvalue weighted by atomic mass is 16.6. The van der Waals surface area contributed by atoms with Crippen LogP contribution in [0.25, 0.3) is 0 Å². The quantitative estimate of drug-likeness (QED) is 0.665. The summed E-state index contributed by atoms with van der Waals surface area (Å²) in [5.41, 5.74) is 1.89. The molecule has 0 spiro atoms. The molecule has 0 radical (unpaired) electrons. The second-order valence-corrected chi connectivity index (χ2v) is 4.99. The Hall–Kier alpha value is -2.89. The molecule has 2 N–H and O–H groups in total. The third-order valence-electron chi connectivity index (χ3n) is 3.31. The Bertz CT molecular complexity index is 686. The zero-order valence-corrected chi connectivity index (χ0v) is 12.4. The Balaban J connectivity index is 2.03. The number of anilines is 1. The van der Waals surface area contributed by atoms with Gasteiger partial charge >= 0.3 is 6.03 Å². The van der Waals surface area contributed by atoms with Gasteiger partial charge in [-0.3, -0.25) is 10.1 Å². The van der Waals surface area contributed by atoms with Crippen molar-refractivity contribution in [2.75, 3.05) is 5.32 Å². The van der Waals surface area contributed by atoms with Gasteiger partial charge in [-0.15, -0.1) is 0 Å². The van der Waals surface area contributed by atoms with E-state index in [-0.39, 0.29) is 11.7 Å². The molecule has 2 aromatic rings. The average molecular weight is 299 g/mol. The molecule has 1 atom stereocenters. The van der Waals surface area contributed by atoms with Gasteiger partial charge in [-0.2, -0.15) is 0 Å². The molecule has 2 aromatic carbocycles. The summed E-state index contributed by atoms with van der Waals surface area (Å²) in [5, 5.41) is 16.3. The number of nitrogens with zero attached hydrogens (tertiary/aromatic N) is 1. The number of hydrogen-bond donors (Lipinski definition) is 2. The predicted molar refractivity (Wildman–Crippen MR) is 84.8 cm³/mol. The number of carbonyl (C=O) groups is 1. The molecule has 0 aliphatic heterocycles. The molecule has 0 saturated heterocycles. The summed E-state index contributed by atoms with van der Waals surface area (Å²) in [6.45, 7) is 3.52. The van der Waals surface area contributed by atoms with Crippen LogP contribution in [0, 0.1) is 17.0 Å². The number of amides is 2. The lowest BCUT2D eigenvalue weighted by molar-refractivity contribution is -0.385. The number of rotatable bonds is 4. The van der Waals surface area contributed by atoms with E-state index in [1.165, 1.54) is 6.07 Å². The molecule has 0 aliphatic carbocycles. The van der Waals surface area contributed by atoms with Crippen molar-refractivity contribution in [1.29, 1.82) is 0 Å². The number of nitrogens with one attached hydrogen (secondary N) is 2. The summed E-state index contributed by atoms with van der Waals surface area (Å²) in [4.78, 5) is 22.4. The lowest BCUT2D eigenvalue weighted by Crippen LogP contribution is -2.31. The van der Waals surface area contributed by atoms with E-state index in [1.54, 1.807) is 19.1 Å². The summed E-state index contributed by atoms with van der Waals surface area (Å²) in [6.07, 6.45) is 0. The molecule has 114 valence electrons. The highest BCUT2D eigenvalue weighted by Crippen LogP contribution is 2.22. The zero-order chi connectivity index (χ0) is 16.1. The van der Waals surface area contributed by atoms with Crippen LogP contribution in [0.1, 0.15) is 24.1 Å². The number of aryl methyl sites for hydroxylation is 1. The standard InChI is InChI=1S/C16H17N3O3/c1-11-8-9-14(10-15(11)19(21)22)18-16(20)17-12(2)13-6-4-3-5-7-13/h3-10,12H,1-2H3,(H2,17,18,20)/t12-/m0/s1. The number of urea groups is 1. The summed E-state index contributed by atoms with van der Waals surface area (Å²) in [6, 6.07) is 13.6. The molecule has 0 aliphatic rings. The van der Waals surface area contributed by atoms with Crippen molar-refractivity contribution >= 4 is 17.4 Å². The minimum atomic E-state index is -0.467. The number of hydrogen-bond acceptors (Lipinski definition) is 3. The van der Waals surface area contributed by atoms with Crippen LogP contribution in [0.5, 0.6) is 0 Å². The van der Waals surface area contributed by atoms with Crippen LogP contribution >= 0.6 is 0 Å². The maximum absolute atomic E-state index is 12.0. The first-order valence-corrected chi connectivity index (χ1v) is 6.85. The van der Waals surface area contributed by atoms with Gasteiger partial charge in [0.15, 0.2) is 0 Å². The second-order valence-electron chi connectivity index (χ2n) is 4.99. The minimum absolute atomic E-state index is 0.0195. The van der Waals surface area contributed by atoms with Gasteiger partial charge < -0.3 is 10.6 Å². The van der Waals surface area contributed by atoms with Gasteiger partial charge in [-0.1, -0.05) is 36.4 Å². The molecule has 0 unspecified atom stereocenters. The third kappa shape index (κ3) is 3.82. The van der Waals surface area contributed by atoms with Crippen molar-refractivity contribution in [1.82, 2.24) is 5.32 Å². The van der Waals surface area contributed by atoms with E-state index in [4.69, 9.17) is 0 Å². The van der Waals surface area contributed by atoms with E-state index in [2.05, 4.69) is 10.6 Å². The van der Waals surface area contributed by atoms with Gasteiger partial charge in [-0.25, -0.2) is 4.79 Å². The fraction of sp³-hybridized carbons (Fsp3) is 0.188.